The van der Waals surface area contributed by atoms with E-state index in [4.69, 9.17) is 0 Å². The molecule has 0 radical (unpaired) electrons. The van der Waals surface area contributed by atoms with Crippen LogP contribution in [0.25, 0.3) is 0 Å². The Labute approximate surface area is 68.5 Å². The van der Waals surface area contributed by atoms with Crippen LogP contribution in [0.1, 0.15) is 34.1 Å². The van der Waals surface area contributed by atoms with Gasteiger partial charge in [0.1, 0.15) is 5.78 Å². The van der Waals surface area contributed by atoms with Gasteiger partial charge >= 0.3 is 0 Å². The molecular formula is C10H16O. The SMILES string of the molecule is CC1=CC(C(C)(C)C)C(=O)C1. The first kappa shape index (κ1) is 8.51. The minimum absolute atomic E-state index is 0.106. The highest BCUT2D eigenvalue weighted by molar-refractivity contribution is 5.88. The lowest BCUT2D eigenvalue weighted by molar-refractivity contribution is -0.122. The van der Waals surface area contributed by atoms with Gasteiger partial charge in [0.05, 0.1) is 0 Å². The van der Waals surface area contributed by atoms with E-state index in [9.17, 15) is 4.79 Å². The van der Waals surface area contributed by atoms with Gasteiger partial charge in [-0.15, -0.1) is 0 Å². The van der Waals surface area contributed by atoms with Crippen LogP contribution in [-0.4, -0.2) is 5.78 Å². The molecule has 0 amide bonds. The van der Waals surface area contributed by atoms with E-state index in [0.717, 1.165) is 0 Å². The normalized spacial score (nSPS) is 25.6. The van der Waals surface area contributed by atoms with Crippen LogP contribution in [0.3, 0.4) is 0 Å². The molecule has 1 aliphatic carbocycles. The summed E-state index contributed by atoms with van der Waals surface area (Å²) < 4.78 is 0. The molecule has 1 nitrogen and oxygen atoms in total. The number of Topliss-reactive ketones (excluding diaryl/α,β-unsaturated/α-hetero) is 1. The minimum atomic E-state index is 0.106. The van der Waals surface area contributed by atoms with Crippen molar-refractivity contribution >= 4 is 5.78 Å². The fourth-order valence-electron chi connectivity index (χ4n) is 1.55. The summed E-state index contributed by atoms with van der Waals surface area (Å²) in [6, 6.07) is 0. The molecule has 1 unspecified atom stereocenters. The fraction of sp³-hybridized carbons (Fsp3) is 0.700. The van der Waals surface area contributed by atoms with Crippen LogP contribution in [0.2, 0.25) is 0 Å². The maximum Gasteiger partial charge on any atom is 0.144 e. The summed E-state index contributed by atoms with van der Waals surface area (Å²) in [7, 11) is 0. The molecule has 0 spiro atoms. The fourth-order valence-corrected chi connectivity index (χ4v) is 1.55. The molecule has 0 N–H and O–H groups in total. The molecule has 0 aliphatic heterocycles. The number of hydrogen-bond donors (Lipinski definition) is 0. The molecule has 1 heteroatoms. The summed E-state index contributed by atoms with van der Waals surface area (Å²) in [5, 5.41) is 0. The van der Waals surface area contributed by atoms with Crippen LogP contribution in [0.4, 0.5) is 0 Å². The average Bonchev–Trinajstić information content (AvgIpc) is 2.08. The van der Waals surface area contributed by atoms with Gasteiger partial charge in [-0.25, -0.2) is 0 Å². The summed E-state index contributed by atoms with van der Waals surface area (Å²) >= 11 is 0. The number of ketones is 1. The van der Waals surface area contributed by atoms with Gasteiger partial charge in [0.15, 0.2) is 0 Å². The standard InChI is InChI=1S/C10H16O/c1-7-5-8(9(11)6-7)10(2,3)4/h5,8H,6H2,1-4H3. The number of carbonyl (C=O) groups is 1. The molecule has 0 heterocycles. The molecule has 11 heavy (non-hydrogen) atoms. The Bertz CT molecular complexity index is 205. The predicted molar refractivity (Wildman–Crippen MR) is 46.3 cm³/mol. The Balaban J connectivity index is 2.82. The second kappa shape index (κ2) is 2.47. The van der Waals surface area contributed by atoms with Crippen molar-refractivity contribution in [2.75, 3.05) is 0 Å². The Hall–Kier alpha value is -0.590. The molecule has 0 aromatic carbocycles. The zero-order chi connectivity index (χ0) is 8.65. The molecule has 1 atom stereocenters. The Kier molecular flexibility index (Phi) is 1.91. The number of allylic oxidation sites excluding steroid dienone is 2. The number of carbonyl (C=O) groups excluding carboxylic acids is 1. The maximum absolute atomic E-state index is 11.4. The zero-order valence-electron chi connectivity index (χ0n) is 7.77. The van der Waals surface area contributed by atoms with Crippen LogP contribution in [0, 0.1) is 11.3 Å². The van der Waals surface area contributed by atoms with Crippen LogP contribution < -0.4 is 0 Å². The van der Waals surface area contributed by atoms with Crippen molar-refractivity contribution in [1.82, 2.24) is 0 Å². The largest absolute Gasteiger partial charge is 0.299 e. The molecular weight excluding hydrogens is 136 g/mol. The van der Waals surface area contributed by atoms with E-state index in [0.29, 0.717) is 12.2 Å². The average molecular weight is 152 g/mol. The van der Waals surface area contributed by atoms with Crippen LogP contribution in [0.5, 0.6) is 0 Å². The van der Waals surface area contributed by atoms with E-state index in [1.54, 1.807) is 0 Å². The van der Waals surface area contributed by atoms with Gasteiger partial charge in [0.2, 0.25) is 0 Å². The summed E-state index contributed by atoms with van der Waals surface area (Å²) in [5.74, 6) is 0.539. The molecule has 0 aromatic heterocycles. The highest BCUT2D eigenvalue weighted by Crippen LogP contribution is 2.34. The third-order valence-corrected chi connectivity index (χ3v) is 2.18. The van der Waals surface area contributed by atoms with E-state index >= 15 is 0 Å². The van der Waals surface area contributed by atoms with Gasteiger partial charge in [0, 0.05) is 12.3 Å². The lowest BCUT2D eigenvalue weighted by atomic mass is 9.80. The predicted octanol–water partition coefficient (Wildman–Crippen LogP) is 2.57. The Morgan fingerprint density at radius 3 is 2.18 bits per heavy atom. The summed E-state index contributed by atoms with van der Waals surface area (Å²) in [4.78, 5) is 11.4. The topological polar surface area (TPSA) is 17.1 Å². The third kappa shape index (κ3) is 1.70. The minimum Gasteiger partial charge on any atom is -0.299 e. The van der Waals surface area contributed by atoms with Crippen molar-refractivity contribution in [1.29, 1.82) is 0 Å². The molecule has 1 aliphatic rings. The molecule has 62 valence electrons. The van der Waals surface area contributed by atoms with Crippen LogP contribution in [0.15, 0.2) is 11.6 Å². The molecule has 0 bridgehead atoms. The first-order valence-corrected chi connectivity index (χ1v) is 4.11. The number of rotatable bonds is 0. The van der Waals surface area contributed by atoms with Gasteiger partial charge < -0.3 is 0 Å². The lowest BCUT2D eigenvalue weighted by Gasteiger charge is -2.23. The lowest BCUT2D eigenvalue weighted by Crippen LogP contribution is -2.23. The molecule has 0 saturated carbocycles. The molecule has 0 saturated heterocycles. The van der Waals surface area contributed by atoms with Crippen molar-refractivity contribution in [3.8, 4) is 0 Å². The van der Waals surface area contributed by atoms with E-state index in [1.807, 2.05) is 6.92 Å². The first-order valence-electron chi connectivity index (χ1n) is 4.11. The first-order chi connectivity index (χ1) is 4.91. The Morgan fingerprint density at radius 1 is 1.45 bits per heavy atom. The van der Waals surface area contributed by atoms with Gasteiger partial charge in [-0.1, -0.05) is 32.4 Å². The van der Waals surface area contributed by atoms with Crippen LogP contribution >= 0.6 is 0 Å². The van der Waals surface area contributed by atoms with E-state index in [2.05, 4.69) is 26.8 Å². The summed E-state index contributed by atoms with van der Waals surface area (Å²) in [5.41, 5.74) is 1.34. The molecule has 0 fully saturated rings. The highest BCUT2D eigenvalue weighted by atomic mass is 16.1. The summed E-state index contributed by atoms with van der Waals surface area (Å²) in [6.45, 7) is 8.38. The molecule has 1 rings (SSSR count). The van der Waals surface area contributed by atoms with Gasteiger partial charge in [-0.3, -0.25) is 4.79 Å². The monoisotopic (exact) mass is 152 g/mol. The third-order valence-electron chi connectivity index (χ3n) is 2.18. The van der Waals surface area contributed by atoms with Crippen LogP contribution in [-0.2, 0) is 4.79 Å². The second-order valence-corrected chi connectivity index (χ2v) is 4.50. The van der Waals surface area contributed by atoms with Gasteiger partial charge in [-0.05, 0) is 12.3 Å². The molecule has 0 aromatic rings. The quantitative estimate of drug-likeness (QED) is 0.487. The number of hydrogen-bond acceptors (Lipinski definition) is 1. The van der Waals surface area contributed by atoms with Crippen molar-refractivity contribution in [3.05, 3.63) is 11.6 Å². The van der Waals surface area contributed by atoms with Crippen molar-refractivity contribution < 1.29 is 4.79 Å². The summed E-state index contributed by atoms with van der Waals surface area (Å²) in [6.07, 6.45) is 2.78. The van der Waals surface area contributed by atoms with Crippen molar-refractivity contribution in [3.63, 3.8) is 0 Å². The second-order valence-electron chi connectivity index (χ2n) is 4.50. The highest BCUT2D eigenvalue weighted by Gasteiger charge is 2.32. The zero-order valence-corrected chi connectivity index (χ0v) is 7.77. The van der Waals surface area contributed by atoms with E-state index < -0.39 is 0 Å². The smallest absolute Gasteiger partial charge is 0.144 e. The van der Waals surface area contributed by atoms with Crippen molar-refractivity contribution in [2.45, 2.75) is 34.1 Å². The van der Waals surface area contributed by atoms with E-state index in [1.165, 1.54) is 5.57 Å². The van der Waals surface area contributed by atoms with Crippen molar-refractivity contribution in [2.24, 2.45) is 11.3 Å². The van der Waals surface area contributed by atoms with Gasteiger partial charge in [-0.2, -0.15) is 0 Å². The van der Waals surface area contributed by atoms with Gasteiger partial charge in [0.25, 0.3) is 0 Å². The maximum atomic E-state index is 11.4. The van der Waals surface area contributed by atoms with E-state index in [-0.39, 0.29) is 11.3 Å². The Morgan fingerprint density at radius 2 is 2.00 bits per heavy atom.